The standard InChI is InChI=1S/C17H17N3O3/c1-11-4-9-16(12(2)10-11)13(3)18-19-17(21)14-5-7-15(8-6-14)20(22)23/h4-10H,1-3H3,(H,19,21)/b18-13+. The van der Waals surface area contributed by atoms with Crippen molar-refractivity contribution in [3.8, 4) is 0 Å². The molecule has 0 aliphatic heterocycles. The molecule has 1 amide bonds. The number of nitro groups is 1. The Labute approximate surface area is 134 Å². The van der Waals surface area contributed by atoms with Crippen LogP contribution in [0.5, 0.6) is 0 Å². The SMILES string of the molecule is C/C(=N\NC(=O)c1ccc([N+](=O)[O-])cc1)c1ccc(C)cc1C. The van der Waals surface area contributed by atoms with Gasteiger partial charge in [0.2, 0.25) is 0 Å². The third-order valence-corrected chi connectivity index (χ3v) is 3.44. The molecule has 0 spiro atoms. The van der Waals surface area contributed by atoms with Crippen LogP contribution in [0.1, 0.15) is 34.0 Å². The molecule has 118 valence electrons. The number of benzene rings is 2. The van der Waals surface area contributed by atoms with Gasteiger partial charge >= 0.3 is 0 Å². The highest BCUT2D eigenvalue weighted by Crippen LogP contribution is 2.13. The Morgan fingerprint density at radius 2 is 1.78 bits per heavy atom. The fourth-order valence-electron chi connectivity index (χ4n) is 2.21. The lowest BCUT2D eigenvalue weighted by Crippen LogP contribution is -2.19. The van der Waals surface area contributed by atoms with Gasteiger partial charge in [-0.15, -0.1) is 0 Å². The molecule has 0 radical (unpaired) electrons. The van der Waals surface area contributed by atoms with Crippen molar-refractivity contribution in [1.29, 1.82) is 0 Å². The second kappa shape index (κ2) is 6.83. The maximum absolute atomic E-state index is 12.0. The minimum Gasteiger partial charge on any atom is -0.267 e. The van der Waals surface area contributed by atoms with Gasteiger partial charge in [0.05, 0.1) is 10.6 Å². The van der Waals surface area contributed by atoms with Crippen molar-refractivity contribution in [1.82, 2.24) is 5.43 Å². The zero-order valence-electron chi connectivity index (χ0n) is 13.2. The lowest BCUT2D eigenvalue weighted by molar-refractivity contribution is -0.384. The quantitative estimate of drug-likeness (QED) is 0.533. The van der Waals surface area contributed by atoms with E-state index < -0.39 is 10.8 Å². The molecule has 6 nitrogen and oxygen atoms in total. The zero-order valence-corrected chi connectivity index (χ0v) is 13.2. The van der Waals surface area contributed by atoms with Crippen molar-refractivity contribution in [3.63, 3.8) is 0 Å². The molecule has 0 fully saturated rings. The lowest BCUT2D eigenvalue weighted by Gasteiger charge is -2.07. The number of nitrogens with one attached hydrogen (secondary N) is 1. The largest absolute Gasteiger partial charge is 0.271 e. The summed E-state index contributed by atoms with van der Waals surface area (Å²) in [5, 5.41) is 14.7. The molecular weight excluding hydrogens is 294 g/mol. The molecule has 23 heavy (non-hydrogen) atoms. The Bertz CT molecular complexity index is 780. The third kappa shape index (κ3) is 4.00. The minimum absolute atomic E-state index is 0.0588. The van der Waals surface area contributed by atoms with E-state index >= 15 is 0 Å². The van der Waals surface area contributed by atoms with E-state index in [9.17, 15) is 14.9 Å². The Balaban J connectivity index is 2.12. The van der Waals surface area contributed by atoms with Crippen LogP contribution in [0.25, 0.3) is 0 Å². The average Bonchev–Trinajstić information content (AvgIpc) is 2.52. The van der Waals surface area contributed by atoms with E-state index in [4.69, 9.17) is 0 Å². The van der Waals surface area contributed by atoms with Gasteiger partial charge in [0, 0.05) is 23.3 Å². The van der Waals surface area contributed by atoms with E-state index in [-0.39, 0.29) is 5.69 Å². The van der Waals surface area contributed by atoms with E-state index in [0.29, 0.717) is 11.3 Å². The number of carbonyl (C=O) groups is 1. The van der Waals surface area contributed by atoms with Gasteiger partial charge in [-0.25, -0.2) is 5.43 Å². The molecule has 6 heteroatoms. The summed E-state index contributed by atoms with van der Waals surface area (Å²) in [6.45, 7) is 5.81. The molecule has 0 aromatic heterocycles. The number of hydrazone groups is 1. The van der Waals surface area contributed by atoms with E-state index in [1.54, 1.807) is 0 Å². The van der Waals surface area contributed by atoms with Crippen LogP contribution in [0, 0.1) is 24.0 Å². The lowest BCUT2D eigenvalue weighted by atomic mass is 10.0. The van der Waals surface area contributed by atoms with Gasteiger partial charge in [0.25, 0.3) is 11.6 Å². The van der Waals surface area contributed by atoms with E-state index in [2.05, 4.69) is 10.5 Å². The van der Waals surface area contributed by atoms with Gasteiger partial charge in [-0.3, -0.25) is 14.9 Å². The van der Waals surface area contributed by atoms with Crippen LogP contribution >= 0.6 is 0 Å². The number of nitrogens with zero attached hydrogens (tertiary/aromatic N) is 2. The highest BCUT2D eigenvalue weighted by Gasteiger charge is 2.09. The Morgan fingerprint density at radius 1 is 1.13 bits per heavy atom. The molecule has 2 aromatic carbocycles. The van der Waals surface area contributed by atoms with Crippen LogP contribution in [0.15, 0.2) is 47.6 Å². The summed E-state index contributed by atoms with van der Waals surface area (Å²) in [5.41, 5.74) is 6.61. The third-order valence-electron chi connectivity index (χ3n) is 3.44. The van der Waals surface area contributed by atoms with Crippen molar-refractivity contribution in [3.05, 3.63) is 74.8 Å². The van der Waals surface area contributed by atoms with Crippen molar-refractivity contribution in [2.75, 3.05) is 0 Å². The second-order valence-electron chi connectivity index (χ2n) is 5.26. The number of hydrogen-bond donors (Lipinski definition) is 1. The van der Waals surface area contributed by atoms with Crippen molar-refractivity contribution >= 4 is 17.3 Å². The van der Waals surface area contributed by atoms with Gasteiger partial charge in [0.1, 0.15) is 0 Å². The summed E-state index contributed by atoms with van der Waals surface area (Å²) in [6, 6.07) is 11.4. The highest BCUT2D eigenvalue weighted by atomic mass is 16.6. The first-order chi connectivity index (χ1) is 10.9. The molecule has 0 atom stereocenters. The average molecular weight is 311 g/mol. The molecule has 0 saturated heterocycles. The van der Waals surface area contributed by atoms with Crippen LogP contribution in [-0.4, -0.2) is 16.5 Å². The number of amides is 1. The van der Waals surface area contributed by atoms with Gasteiger partial charge < -0.3 is 0 Å². The Kier molecular flexibility index (Phi) is 4.85. The molecule has 0 unspecified atom stereocenters. The Morgan fingerprint density at radius 3 is 2.35 bits per heavy atom. The molecule has 0 bridgehead atoms. The highest BCUT2D eigenvalue weighted by molar-refractivity contribution is 6.01. The van der Waals surface area contributed by atoms with E-state index in [1.165, 1.54) is 24.3 Å². The van der Waals surface area contributed by atoms with Gasteiger partial charge in [0.15, 0.2) is 0 Å². The van der Waals surface area contributed by atoms with Crippen LogP contribution in [0.3, 0.4) is 0 Å². The Hall–Kier alpha value is -3.02. The first-order valence-electron chi connectivity index (χ1n) is 7.05. The fourth-order valence-corrected chi connectivity index (χ4v) is 2.21. The monoisotopic (exact) mass is 311 g/mol. The minimum atomic E-state index is -0.510. The summed E-state index contributed by atoms with van der Waals surface area (Å²) >= 11 is 0. The topological polar surface area (TPSA) is 84.6 Å². The summed E-state index contributed by atoms with van der Waals surface area (Å²) in [5.74, 6) is -0.413. The molecule has 2 aromatic rings. The van der Waals surface area contributed by atoms with Crippen molar-refractivity contribution in [2.24, 2.45) is 5.10 Å². The van der Waals surface area contributed by atoms with Crippen LogP contribution in [-0.2, 0) is 0 Å². The molecule has 0 aliphatic rings. The number of aryl methyl sites for hydroxylation is 2. The van der Waals surface area contributed by atoms with Crippen LogP contribution < -0.4 is 5.43 Å². The predicted molar refractivity (Wildman–Crippen MR) is 88.7 cm³/mol. The van der Waals surface area contributed by atoms with Gasteiger partial charge in [-0.2, -0.15) is 5.10 Å². The zero-order chi connectivity index (χ0) is 17.0. The number of hydrogen-bond acceptors (Lipinski definition) is 4. The fraction of sp³-hybridized carbons (Fsp3) is 0.176. The van der Waals surface area contributed by atoms with E-state index in [0.717, 1.165) is 16.7 Å². The first kappa shape index (κ1) is 16.4. The second-order valence-corrected chi connectivity index (χ2v) is 5.26. The molecule has 0 heterocycles. The van der Waals surface area contributed by atoms with Crippen LogP contribution in [0.4, 0.5) is 5.69 Å². The summed E-state index contributed by atoms with van der Waals surface area (Å²) in [7, 11) is 0. The summed E-state index contributed by atoms with van der Waals surface area (Å²) < 4.78 is 0. The number of non-ortho nitro benzene ring substituents is 1. The molecule has 0 aliphatic carbocycles. The number of rotatable bonds is 4. The summed E-state index contributed by atoms with van der Waals surface area (Å²) in [6.07, 6.45) is 0. The number of nitro benzene ring substituents is 1. The summed E-state index contributed by atoms with van der Waals surface area (Å²) in [4.78, 5) is 22.1. The molecule has 2 rings (SSSR count). The van der Waals surface area contributed by atoms with Gasteiger partial charge in [-0.05, 0) is 38.5 Å². The molecule has 1 N–H and O–H groups in total. The van der Waals surface area contributed by atoms with Crippen molar-refractivity contribution < 1.29 is 9.72 Å². The maximum Gasteiger partial charge on any atom is 0.271 e. The maximum atomic E-state index is 12.0. The van der Waals surface area contributed by atoms with E-state index in [1.807, 2.05) is 39.0 Å². The molecule has 0 saturated carbocycles. The normalized spacial score (nSPS) is 11.2. The number of carbonyl (C=O) groups excluding carboxylic acids is 1. The smallest absolute Gasteiger partial charge is 0.267 e. The van der Waals surface area contributed by atoms with Crippen LogP contribution in [0.2, 0.25) is 0 Å². The van der Waals surface area contributed by atoms with Crippen molar-refractivity contribution in [2.45, 2.75) is 20.8 Å². The molecular formula is C17H17N3O3. The first-order valence-corrected chi connectivity index (χ1v) is 7.05. The predicted octanol–water partition coefficient (Wildman–Crippen LogP) is 3.37. The van der Waals surface area contributed by atoms with Gasteiger partial charge in [-0.1, -0.05) is 23.8 Å².